The largest absolute Gasteiger partial charge is 0.305 e. The summed E-state index contributed by atoms with van der Waals surface area (Å²) in [6.45, 7) is 4.50. The molecule has 2 rings (SSSR count). The molecule has 15 heavy (non-hydrogen) atoms. The van der Waals surface area contributed by atoms with E-state index in [1.165, 1.54) is 11.1 Å². The molecule has 0 amide bonds. The summed E-state index contributed by atoms with van der Waals surface area (Å²) in [4.78, 5) is 2.38. The summed E-state index contributed by atoms with van der Waals surface area (Å²) < 4.78 is 1.09. The first-order chi connectivity index (χ1) is 7.09. The predicted molar refractivity (Wildman–Crippen MR) is 68.8 cm³/mol. The molecule has 1 aromatic carbocycles. The Morgan fingerprint density at radius 2 is 2.20 bits per heavy atom. The number of benzene rings is 1. The zero-order chi connectivity index (χ0) is 11.0. The Kier molecular flexibility index (Phi) is 3.39. The summed E-state index contributed by atoms with van der Waals surface area (Å²) >= 11 is 9.75. The maximum Gasteiger partial charge on any atom is 0.0551 e. The number of nitrogens with zero attached hydrogens (tertiary/aromatic N) is 1. The summed E-state index contributed by atoms with van der Waals surface area (Å²) in [6, 6.07) is 4.15. The highest BCUT2D eigenvalue weighted by atomic mass is 79.9. The second-order valence-corrected chi connectivity index (χ2v) is 5.55. The van der Waals surface area contributed by atoms with Crippen LogP contribution in [-0.4, -0.2) is 25.0 Å². The van der Waals surface area contributed by atoms with Crippen LogP contribution in [0.4, 0.5) is 0 Å². The molecule has 0 aromatic heterocycles. The Hall–Kier alpha value is -0.0500. The van der Waals surface area contributed by atoms with Crippen molar-refractivity contribution in [3.8, 4) is 0 Å². The van der Waals surface area contributed by atoms with Gasteiger partial charge in [0.1, 0.15) is 0 Å². The lowest BCUT2D eigenvalue weighted by atomic mass is 9.95. The lowest BCUT2D eigenvalue weighted by Gasteiger charge is -2.18. The molecule has 0 aliphatic carbocycles. The molecule has 82 valence electrons. The summed E-state index contributed by atoms with van der Waals surface area (Å²) in [5.41, 5.74) is 2.83. The first kappa shape index (κ1) is 11.4. The van der Waals surface area contributed by atoms with E-state index in [1.807, 2.05) is 6.07 Å². The smallest absolute Gasteiger partial charge is 0.0551 e. The molecule has 1 heterocycles. The molecule has 0 radical (unpaired) electrons. The Balaban J connectivity index is 2.50. The SMILES string of the molecule is C[C@H]1CN(C)CCc2ccc(Cl)c(Br)c21. The Morgan fingerprint density at radius 1 is 1.47 bits per heavy atom. The molecule has 0 spiro atoms. The highest BCUT2D eigenvalue weighted by Gasteiger charge is 2.21. The summed E-state index contributed by atoms with van der Waals surface area (Å²) in [5, 5.41) is 0.824. The van der Waals surface area contributed by atoms with E-state index >= 15 is 0 Å². The molecule has 3 heteroatoms. The zero-order valence-electron chi connectivity index (χ0n) is 9.06. The molecule has 0 bridgehead atoms. The Bertz CT molecular complexity index is 378. The van der Waals surface area contributed by atoms with Crippen LogP contribution in [0.2, 0.25) is 5.02 Å². The van der Waals surface area contributed by atoms with Crippen LogP contribution in [0.25, 0.3) is 0 Å². The van der Waals surface area contributed by atoms with Gasteiger partial charge in [-0.15, -0.1) is 0 Å². The van der Waals surface area contributed by atoms with Crippen LogP contribution in [0.5, 0.6) is 0 Å². The minimum atomic E-state index is 0.542. The van der Waals surface area contributed by atoms with Gasteiger partial charge in [-0.05, 0) is 52.5 Å². The van der Waals surface area contributed by atoms with Gasteiger partial charge < -0.3 is 4.90 Å². The molecule has 1 aliphatic heterocycles. The second kappa shape index (κ2) is 4.44. The molecule has 1 aromatic rings. The second-order valence-electron chi connectivity index (χ2n) is 4.35. The van der Waals surface area contributed by atoms with E-state index in [4.69, 9.17) is 11.6 Å². The molecule has 1 nitrogen and oxygen atoms in total. The topological polar surface area (TPSA) is 3.24 Å². The van der Waals surface area contributed by atoms with Crippen molar-refractivity contribution in [1.29, 1.82) is 0 Å². The van der Waals surface area contributed by atoms with Crippen molar-refractivity contribution in [2.45, 2.75) is 19.3 Å². The fraction of sp³-hybridized carbons (Fsp3) is 0.500. The van der Waals surface area contributed by atoms with E-state index in [0.717, 1.165) is 29.0 Å². The van der Waals surface area contributed by atoms with Gasteiger partial charge in [-0.25, -0.2) is 0 Å². The predicted octanol–water partition coefficient (Wildman–Crippen LogP) is 3.69. The van der Waals surface area contributed by atoms with Gasteiger partial charge in [0.15, 0.2) is 0 Å². The molecular formula is C12H15BrClN. The number of hydrogen-bond acceptors (Lipinski definition) is 1. The van der Waals surface area contributed by atoms with Crippen LogP contribution in [0.15, 0.2) is 16.6 Å². The third-order valence-electron chi connectivity index (χ3n) is 3.06. The highest BCUT2D eigenvalue weighted by molar-refractivity contribution is 9.10. The van der Waals surface area contributed by atoms with Crippen LogP contribution in [0.1, 0.15) is 24.0 Å². The van der Waals surface area contributed by atoms with Gasteiger partial charge in [-0.1, -0.05) is 24.6 Å². The normalized spacial score (nSPS) is 22.3. The van der Waals surface area contributed by atoms with E-state index in [0.29, 0.717) is 5.92 Å². The monoisotopic (exact) mass is 287 g/mol. The van der Waals surface area contributed by atoms with Crippen LogP contribution in [-0.2, 0) is 6.42 Å². The van der Waals surface area contributed by atoms with E-state index in [1.54, 1.807) is 0 Å². The van der Waals surface area contributed by atoms with Gasteiger partial charge >= 0.3 is 0 Å². The van der Waals surface area contributed by atoms with Gasteiger partial charge in [0.2, 0.25) is 0 Å². The first-order valence-electron chi connectivity index (χ1n) is 5.25. The number of rotatable bonds is 0. The number of fused-ring (bicyclic) bond motifs is 1. The van der Waals surface area contributed by atoms with E-state index in [2.05, 4.69) is 40.9 Å². The molecule has 0 N–H and O–H groups in total. The minimum absolute atomic E-state index is 0.542. The molecular weight excluding hydrogens is 273 g/mol. The standard InChI is InChI=1S/C12H15BrClN/c1-8-7-15(2)6-5-9-3-4-10(14)12(13)11(8)9/h3-4,8H,5-7H2,1-2H3/t8-/m0/s1. The number of likely N-dealkylation sites (N-methyl/N-ethyl adjacent to an activating group) is 1. The zero-order valence-corrected chi connectivity index (χ0v) is 11.4. The Morgan fingerprint density at radius 3 is 2.93 bits per heavy atom. The van der Waals surface area contributed by atoms with Crippen LogP contribution in [0.3, 0.4) is 0 Å². The van der Waals surface area contributed by atoms with Gasteiger partial charge in [-0.3, -0.25) is 0 Å². The quantitative estimate of drug-likeness (QED) is 0.704. The van der Waals surface area contributed by atoms with Crippen molar-refractivity contribution >= 4 is 27.5 Å². The lowest BCUT2D eigenvalue weighted by Crippen LogP contribution is -2.22. The fourth-order valence-corrected chi connectivity index (χ4v) is 3.26. The molecule has 0 fully saturated rings. The van der Waals surface area contributed by atoms with Crippen LogP contribution >= 0.6 is 27.5 Å². The maximum absolute atomic E-state index is 6.14. The third kappa shape index (κ3) is 2.22. The van der Waals surface area contributed by atoms with Gasteiger partial charge in [0, 0.05) is 17.6 Å². The average Bonchev–Trinajstić information content (AvgIpc) is 2.32. The highest BCUT2D eigenvalue weighted by Crippen LogP contribution is 2.36. The van der Waals surface area contributed by atoms with Crippen molar-refractivity contribution in [1.82, 2.24) is 4.90 Å². The van der Waals surface area contributed by atoms with E-state index < -0.39 is 0 Å². The molecule has 0 unspecified atom stereocenters. The first-order valence-corrected chi connectivity index (χ1v) is 6.42. The van der Waals surface area contributed by atoms with Crippen LogP contribution in [0, 0.1) is 0 Å². The third-order valence-corrected chi connectivity index (χ3v) is 4.46. The Labute approximate surface area is 105 Å². The van der Waals surface area contributed by atoms with Crippen molar-refractivity contribution in [3.63, 3.8) is 0 Å². The maximum atomic E-state index is 6.14. The lowest BCUT2D eigenvalue weighted by molar-refractivity contribution is 0.332. The van der Waals surface area contributed by atoms with Crippen molar-refractivity contribution in [2.24, 2.45) is 0 Å². The summed E-state index contributed by atoms with van der Waals surface area (Å²) in [6.07, 6.45) is 1.12. The molecule has 0 saturated carbocycles. The van der Waals surface area contributed by atoms with Crippen molar-refractivity contribution < 1.29 is 0 Å². The molecule has 1 atom stereocenters. The fourth-order valence-electron chi connectivity index (χ4n) is 2.32. The van der Waals surface area contributed by atoms with E-state index in [-0.39, 0.29) is 0 Å². The number of halogens is 2. The number of hydrogen-bond donors (Lipinski definition) is 0. The summed E-state index contributed by atoms with van der Waals surface area (Å²) in [5.74, 6) is 0.542. The average molecular weight is 289 g/mol. The molecule has 1 aliphatic rings. The van der Waals surface area contributed by atoms with Gasteiger partial charge in [0.25, 0.3) is 0 Å². The minimum Gasteiger partial charge on any atom is -0.305 e. The van der Waals surface area contributed by atoms with Gasteiger partial charge in [0.05, 0.1) is 5.02 Å². The van der Waals surface area contributed by atoms with Crippen molar-refractivity contribution in [3.05, 3.63) is 32.8 Å². The molecule has 0 saturated heterocycles. The van der Waals surface area contributed by atoms with Crippen LogP contribution < -0.4 is 0 Å². The van der Waals surface area contributed by atoms with E-state index in [9.17, 15) is 0 Å². The van der Waals surface area contributed by atoms with Gasteiger partial charge in [-0.2, -0.15) is 0 Å². The summed E-state index contributed by atoms with van der Waals surface area (Å²) in [7, 11) is 2.18. The van der Waals surface area contributed by atoms with Crippen molar-refractivity contribution in [2.75, 3.05) is 20.1 Å².